The topological polar surface area (TPSA) is 141 Å². The minimum absolute atomic E-state index is 0.00653. The van der Waals surface area contributed by atoms with E-state index >= 15 is 0 Å². The molecule has 1 aromatic carbocycles. The van der Waals surface area contributed by atoms with E-state index in [2.05, 4.69) is 0 Å². The summed E-state index contributed by atoms with van der Waals surface area (Å²) in [7, 11) is 0. The molecule has 9 heteroatoms. The molecule has 168 valence electrons. The number of carboxylic acid groups (broad SMARTS) is 2. The van der Waals surface area contributed by atoms with Crippen molar-refractivity contribution in [2.75, 3.05) is 26.2 Å². The van der Waals surface area contributed by atoms with Crippen LogP contribution in [0.5, 0.6) is 0 Å². The van der Waals surface area contributed by atoms with Crippen molar-refractivity contribution in [3.8, 4) is 0 Å². The van der Waals surface area contributed by atoms with Crippen LogP contribution in [-0.4, -0.2) is 76.0 Å². The highest BCUT2D eigenvalue weighted by atomic mass is 16.4. The smallest absolute Gasteiger partial charge is 0.328 e. The number of nitrogens with zero attached hydrogens (tertiary/aromatic N) is 2. The highest BCUT2D eigenvalue weighted by Crippen LogP contribution is 2.13. The Kier molecular flexibility index (Phi) is 11.3. The second kappa shape index (κ2) is 13.7. The van der Waals surface area contributed by atoms with Crippen molar-refractivity contribution < 1.29 is 29.4 Å². The van der Waals surface area contributed by atoms with Crippen molar-refractivity contribution in [2.24, 2.45) is 5.73 Å². The summed E-state index contributed by atoms with van der Waals surface area (Å²) in [5.74, 6) is -2.43. The van der Waals surface area contributed by atoms with Crippen LogP contribution in [0.25, 0.3) is 6.08 Å². The van der Waals surface area contributed by atoms with Crippen molar-refractivity contribution in [3.63, 3.8) is 0 Å². The van der Waals surface area contributed by atoms with Gasteiger partial charge in [-0.25, -0.2) is 9.59 Å². The number of rotatable bonds is 4. The number of nitrogens with two attached hydrogens (primary N) is 1. The molecule has 0 unspecified atom stereocenters. The highest BCUT2D eigenvalue weighted by Gasteiger charge is 2.20. The third kappa shape index (κ3) is 12.7. The first-order chi connectivity index (χ1) is 14.7. The molecule has 2 amide bonds. The summed E-state index contributed by atoms with van der Waals surface area (Å²) >= 11 is 0. The Morgan fingerprint density at radius 1 is 0.871 bits per heavy atom. The van der Waals surface area contributed by atoms with Crippen LogP contribution in [0.4, 0.5) is 0 Å². The Morgan fingerprint density at radius 2 is 1.32 bits per heavy atom. The lowest BCUT2D eigenvalue weighted by Crippen LogP contribution is -2.49. The van der Waals surface area contributed by atoms with Gasteiger partial charge in [0.2, 0.25) is 11.8 Å². The van der Waals surface area contributed by atoms with Crippen LogP contribution in [0.15, 0.2) is 48.6 Å². The first-order valence-corrected chi connectivity index (χ1v) is 9.86. The van der Waals surface area contributed by atoms with E-state index in [0.717, 1.165) is 5.56 Å². The summed E-state index contributed by atoms with van der Waals surface area (Å²) in [6.45, 7) is 4.03. The molecule has 0 atom stereocenters. The minimum Gasteiger partial charge on any atom is -0.478 e. The van der Waals surface area contributed by atoms with Gasteiger partial charge in [0.15, 0.2) is 0 Å². The number of carboxylic acids is 2. The maximum absolute atomic E-state index is 12.0. The Hall–Kier alpha value is -3.46. The highest BCUT2D eigenvalue weighted by molar-refractivity contribution is 5.92. The predicted molar refractivity (Wildman–Crippen MR) is 116 cm³/mol. The molecule has 1 aliphatic carbocycles. The summed E-state index contributed by atoms with van der Waals surface area (Å²) in [4.78, 5) is 45.8. The quantitative estimate of drug-likeness (QED) is 0.608. The zero-order chi connectivity index (χ0) is 23.2. The molecule has 4 N–H and O–H groups in total. The number of hydrogen-bond donors (Lipinski definition) is 3. The fourth-order valence-electron chi connectivity index (χ4n) is 2.32. The van der Waals surface area contributed by atoms with Crippen LogP contribution in [0, 0.1) is 0 Å². The average molecular weight is 431 g/mol. The normalized spacial score (nSPS) is 15.5. The second-order valence-corrected chi connectivity index (χ2v) is 6.92. The van der Waals surface area contributed by atoms with Crippen molar-refractivity contribution in [2.45, 2.75) is 25.8 Å². The standard InChI is InChI=1S/C15H18N2O2.C4H4O4.C3H7N/c1-13(18)16-9-11-17(12-10-16)15(19)8-7-14-5-3-2-4-6-14;5-3(6)1-2-4(7)8;4-3-1-2-3/h2-8H,9-12H2,1H3;1-2H,(H,5,6)(H,7,8);3H,1-2,4H2/b;2-1-;. The molecule has 0 spiro atoms. The lowest BCUT2D eigenvalue weighted by atomic mass is 10.2. The number of carbonyl (C=O) groups excluding carboxylic acids is 2. The Labute approximate surface area is 181 Å². The molecular formula is C22H29N3O6. The Morgan fingerprint density at radius 3 is 1.71 bits per heavy atom. The molecule has 1 saturated heterocycles. The number of hydrogen-bond acceptors (Lipinski definition) is 5. The molecule has 1 heterocycles. The van der Waals surface area contributed by atoms with Crippen molar-refractivity contribution in [1.82, 2.24) is 9.80 Å². The molecule has 1 aliphatic heterocycles. The van der Waals surface area contributed by atoms with Gasteiger partial charge in [-0.1, -0.05) is 30.3 Å². The predicted octanol–water partition coefficient (Wildman–Crippen LogP) is 1.21. The Balaban J connectivity index is 0.000000328. The van der Waals surface area contributed by atoms with Crippen LogP contribution in [0.1, 0.15) is 25.3 Å². The van der Waals surface area contributed by atoms with Crippen LogP contribution in [0.2, 0.25) is 0 Å². The molecule has 3 rings (SSSR count). The number of amides is 2. The fraction of sp³-hybridized carbons (Fsp3) is 0.364. The zero-order valence-corrected chi connectivity index (χ0v) is 17.5. The molecule has 1 aromatic rings. The Bertz CT molecular complexity index is 779. The van der Waals surface area contributed by atoms with Gasteiger partial charge >= 0.3 is 11.9 Å². The molecule has 2 aliphatic rings. The van der Waals surface area contributed by atoms with Crippen molar-refractivity contribution in [3.05, 3.63) is 54.1 Å². The van der Waals surface area contributed by atoms with E-state index in [4.69, 9.17) is 15.9 Å². The van der Waals surface area contributed by atoms with Gasteiger partial charge in [-0.2, -0.15) is 0 Å². The van der Waals surface area contributed by atoms with Crippen molar-refractivity contribution in [1.29, 1.82) is 0 Å². The van der Waals surface area contributed by atoms with E-state index in [1.165, 1.54) is 12.8 Å². The number of carbonyl (C=O) groups is 4. The molecule has 31 heavy (non-hydrogen) atoms. The molecule has 0 aromatic heterocycles. The molecular weight excluding hydrogens is 402 g/mol. The third-order valence-corrected chi connectivity index (χ3v) is 4.25. The first kappa shape index (κ1) is 25.6. The summed E-state index contributed by atoms with van der Waals surface area (Å²) in [5, 5.41) is 15.6. The second-order valence-electron chi connectivity index (χ2n) is 6.92. The van der Waals surface area contributed by atoms with Crippen molar-refractivity contribution >= 4 is 29.8 Å². The van der Waals surface area contributed by atoms with Gasteiger partial charge in [-0.05, 0) is 24.5 Å². The van der Waals surface area contributed by atoms with Crippen LogP contribution in [-0.2, 0) is 19.2 Å². The van der Waals surface area contributed by atoms with E-state index < -0.39 is 11.9 Å². The van der Waals surface area contributed by atoms with Gasteiger partial charge < -0.3 is 25.7 Å². The van der Waals surface area contributed by atoms with Gasteiger partial charge in [0.05, 0.1) is 0 Å². The van der Waals surface area contributed by atoms with Crippen LogP contribution < -0.4 is 5.73 Å². The summed E-state index contributed by atoms with van der Waals surface area (Å²) in [6.07, 6.45) is 7.06. The number of aliphatic carboxylic acids is 2. The van der Waals surface area contributed by atoms with Crippen LogP contribution in [0.3, 0.4) is 0 Å². The van der Waals surface area contributed by atoms with E-state index in [-0.39, 0.29) is 11.8 Å². The zero-order valence-electron chi connectivity index (χ0n) is 17.5. The first-order valence-electron chi connectivity index (χ1n) is 9.86. The maximum atomic E-state index is 12.0. The van der Waals surface area contributed by atoms with E-state index in [9.17, 15) is 19.2 Å². The lowest BCUT2D eigenvalue weighted by Gasteiger charge is -2.33. The summed E-state index contributed by atoms with van der Waals surface area (Å²) in [6, 6.07) is 10.3. The van der Waals surface area contributed by atoms with Crippen LogP contribution >= 0.6 is 0 Å². The van der Waals surface area contributed by atoms with Gasteiger partial charge in [0.1, 0.15) is 0 Å². The van der Waals surface area contributed by atoms with E-state index in [0.29, 0.717) is 44.4 Å². The monoisotopic (exact) mass is 431 g/mol. The third-order valence-electron chi connectivity index (χ3n) is 4.25. The average Bonchev–Trinajstić information content (AvgIpc) is 3.54. The van der Waals surface area contributed by atoms with Gasteiger partial charge in [-0.15, -0.1) is 0 Å². The molecule has 0 bridgehead atoms. The molecule has 1 saturated carbocycles. The van der Waals surface area contributed by atoms with Gasteiger partial charge in [0.25, 0.3) is 0 Å². The number of piperazine rings is 1. The lowest BCUT2D eigenvalue weighted by molar-refractivity contribution is -0.135. The van der Waals surface area contributed by atoms with Gasteiger partial charge in [-0.3, -0.25) is 9.59 Å². The molecule has 0 radical (unpaired) electrons. The van der Waals surface area contributed by atoms with E-state index in [1.54, 1.807) is 22.8 Å². The SMILES string of the molecule is CC(=O)N1CCN(C(=O)C=Cc2ccccc2)CC1.NC1CC1.O=C(O)/C=C\C(=O)O. The maximum Gasteiger partial charge on any atom is 0.328 e. The molecule has 2 fully saturated rings. The summed E-state index contributed by atoms with van der Waals surface area (Å²) in [5.41, 5.74) is 6.23. The number of benzene rings is 1. The fourth-order valence-corrected chi connectivity index (χ4v) is 2.32. The van der Waals surface area contributed by atoms with Gasteiger partial charge in [0, 0.05) is 57.4 Å². The summed E-state index contributed by atoms with van der Waals surface area (Å²) < 4.78 is 0. The largest absolute Gasteiger partial charge is 0.478 e. The minimum atomic E-state index is -1.26. The van der Waals surface area contributed by atoms with E-state index in [1.807, 2.05) is 36.4 Å². The molecule has 9 nitrogen and oxygen atoms in total.